The second-order valence-electron chi connectivity index (χ2n) is 12.5. The summed E-state index contributed by atoms with van der Waals surface area (Å²) in [5.74, 6) is -2.18. The van der Waals surface area contributed by atoms with E-state index in [4.69, 9.17) is 10.5 Å². The van der Waals surface area contributed by atoms with E-state index >= 15 is 4.39 Å². The highest BCUT2D eigenvalue weighted by Crippen LogP contribution is 2.48. The Hall–Kier alpha value is -3.87. The van der Waals surface area contributed by atoms with E-state index in [-0.39, 0.29) is 75.6 Å². The number of thiophene rings is 1. The van der Waals surface area contributed by atoms with Gasteiger partial charge in [0.25, 0.3) is 0 Å². The van der Waals surface area contributed by atoms with E-state index in [0.717, 1.165) is 24.6 Å². The van der Waals surface area contributed by atoms with Crippen LogP contribution in [0.4, 0.5) is 37.2 Å². The molecule has 1 saturated carbocycles. The lowest BCUT2D eigenvalue weighted by Crippen LogP contribution is -2.47. The van der Waals surface area contributed by atoms with E-state index in [0.29, 0.717) is 37.1 Å². The Morgan fingerprint density at radius 1 is 1.26 bits per heavy atom. The van der Waals surface area contributed by atoms with Gasteiger partial charge < -0.3 is 20.5 Å². The molecule has 8 nitrogen and oxygen atoms in total. The van der Waals surface area contributed by atoms with Gasteiger partial charge in [-0.05, 0) is 56.8 Å². The first-order valence-corrected chi connectivity index (χ1v) is 16.2. The van der Waals surface area contributed by atoms with Crippen molar-refractivity contribution in [2.75, 3.05) is 36.9 Å². The molecule has 3 aliphatic rings. The number of aromatic nitrogens is 2. The monoisotopic (exact) mass is 676 g/mol. The summed E-state index contributed by atoms with van der Waals surface area (Å²) in [4.78, 5) is 12.5. The van der Waals surface area contributed by atoms with Gasteiger partial charge in [0.05, 0.1) is 27.5 Å². The molecule has 0 bridgehead atoms. The van der Waals surface area contributed by atoms with Crippen molar-refractivity contribution in [2.45, 2.75) is 69.1 Å². The van der Waals surface area contributed by atoms with Crippen LogP contribution in [-0.2, 0) is 6.18 Å². The normalized spacial score (nSPS) is 24.4. The second kappa shape index (κ2) is 11.4. The Balaban J connectivity index is 1.46. The number of nitrogens with zero attached hydrogens (tertiary/aromatic N) is 5. The molecular formula is C32H30F6N6O2S. The molecule has 0 spiro atoms. The van der Waals surface area contributed by atoms with Crippen molar-refractivity contribution in [3.63, 3.8) is 0 Å². The highest BCUT2D eigenvalue weighted by molar-refractivity contribution is 7.23. The predicted molar refractivity (Wildman–Crippen MR) is 165 cm³/mol. The number of nitrogen functional groups attached to an aromatic ring is 1. The molecule has 15 heteroatoms. The number of anilines is 2. The molecule has 248 valence electrons. The van der Waals surface area contributed by atoms with Gasteiger partial charge in [0.2, 0.25) is 0 Å². The van der Waals surface area contributed by atoms with Crippen LogP contribution < -0.4 is 15.4 Å². The third kappa shape index (κ3) is 5.12. The van der Waals surface area contributed by atoms with Crippen molar-refractivity contribution in [3.05, 3.63) is 41.0 Å². The maximum absolute atomic E-state index is 16.9. The molecular weight excluding hydrogens is 646 g/mol. The lowest BCUT2D eigenvalue weighted by atomic mass is 9.87. The maximum Gasteiger partial charge on any atom is 0.417 e. The fraction of sp³-hybridized carbons (Fsp3) is 0.469. The van der Waals surface area contributed by atoms with Crippen LogP contribution in [0.2, 0.25) is 0 Å². The molecule has 47 heavy (non-hydrogen) atoms. The van der Waals surface area contributed by atoms with Crippen molar-refractivity contribution in [2.24, 2.45) is 0 Å². The van der Waals surface area contributed by atoms with Gasteiger partial charge >= 0.3 is 12.2 Å². The number of ether oxygens (including phenoxy) is 1. The van der Waals surface area contributed by atoms with Crippen molar-refractivity contribution in [1.29, 1.82) is 5.26 Å². The number of benzene rings is 2. The molecule has 0 amide bonds. The lowest BCUT2D eigenvalue weighted by molar-refractivity contribution is -0.137. The van der Waals surface area contributed by atoms with Crippen LogP contribution in [-0.4, -0.2) is 70.1 Å². The molecule has 4 heterocycles. The number of halogens is 6. The maximum atomic E-state index is 16.9. The van der Waals surface area contributed by atoms with Gasteiger partial charge in [0, 0.05) is 41.9 Å². The molecule has 1 aliphatic carbocycles. The number of fused-ring (bicyclic) bond motifs is 3. The quantitative estimate of drug-likeness (QED) is 0.212. The topological polar surface area (TPSA) is 112 Å². The smallest absolute Gasteiger partial charge is 0.417 e. The fourth-order valence-corrected chi connectivity index (χ4v) is 8.46. The molecule has 2 aliphatic heterocycles. The third-order valence-electron chi connectivity index (χ3n) is 9.77. The van der Waals surface area contributed by atoms with Gasteiger partial charge in [-0.15, -0.1) is 11.3 Å². The molecule has 3 fully saturated rings. The van der Waals surface area contributed by atoms with Crippen molar-refractivity contribution >= 4 is 43.1 Å². The van der Waals surface area contributed by atoms with Crippen LogP contribution in [0.5, 0.6) is 6.01 Å². The number of aliphatic hydroxyl groups excluding tert-OH is 1. The minimum atomic E-state index is -5.09. The highest BCUT2D eigenvalue weighted by Gasteiger charge is 2.49. The molecule has 4 aromatic rings. The van der Waals surface area contributed by atoms with Crippen molar-refractivity contribution < 1.29 is 36.2 Å². The summed E-state index contributed by atoms with van der Waals surface area (Å²) in [5.41, 5.74) is 1.95. The van der Waals surface area contributed by atoms with Gasteiger partial charge in [0.1, 0.15) is 41.0 Å². The molecule has 0 radical (unpaired) electrons. The number of hydrogen-bond donors (Lipinski definition) is 2. The van der Waals surface area contributed by atoms with Crippen LogP contribution in [0, 0.1) is 23.0 Å². The molecule has 2 aromatic carbocycles. The van der Waals surface area contributed by atoms with E-state index in [1.165, 1.54) is 0 Å². The Morgan fingerprint density at radius 3 is 2.70 bits per heavy atom. The first-order valence-electron chi connectivity index (χ1n) is 15.3. The van der Waals surface area contributed by atoms with Crippen LogP contribution in [0.3, 0.4) is 0 Å². The molecule has 3 N–H and O–H groups in total. The summed E-state index contributed by atoms with van der Waals surface area (Å²) < 4.78 is 96.7. The molecule has 2 saturated heterocycles. The van der Waals surface area contributed by atoms with Gasteiger partial charge in [-0.1, -0.05) is 6.07 Å². The van der Waals surface area contributed by atoms with Crippen LogP contribution >= 0.6 is 11.3 Å². The van der Waals surface area contributed by atoms with E-state index in [2.05, 4.69) is 9.97 Å². The second-order valence-corrected chi connectivity index (χ2v) is 13.6. The number of alkyl halides is 4. The predicted octanol–water partition coefficient (Wildman–Crippen LogP) is 6.57. The summed E-state index contributed by atoms with van der Waals surface area (Å²) >= 11 is 0.685. The Bertz CT molecular complexity index is 1940. The minimum absolute atomic E-state index is 0.0000393. The van der Waals surface area contributed by atoms with Gasteiger partial charge in [-0.2, -0.15) is 28.4 Å². The van der Waals surface area contributed by atoms with Crippen LogP contribution in [0.15, 0.2) is 18.2 Å². The Morgan fingerprint density at radius 2 is 2.02 bits per heavy atom. The van der Waals surface area contributed by atoms with Crippen molar-refractivity contribution in [3.8, 4) is 23.2 Å². The highest BCUT2D eigenvalue weighted by atomic mass is 32.1. The van der Waals surface area contributed by atoms with E-state index in [1.54, 1.807) is 11.8 Å². The number of rotatable bonds is 7. The summed E-state index contributed by atoms with van der Waals surface area (Å²) in [5, 5.41) is 19.2. The fourth-order valence-electron chi connectivity index (χ4n) is 7.51. The van der Waals surface area contributed by atoms with Gasteiger partial charge in [-0.3, -0.25) is 4.90 Å². The average Bonchev–Trinajstić information content (AvgIpc) is 3.65. The third-order valence-corrected chi connectivity index (χ3v) is 10.8. The number of hydrogen-bond acceptors (Lipinski definition) is 9. The zero-order valence-corrected chi connectivity index (χ0v) is 26.0. The van der Waals surface area contributed by atoms with E-state index in [1.807, 2.05) is 11.0 Å². The molecule has 7 rings (SSSR count). The zero-order chi connectivity index (χ0) is 33.4. The molecule has 2 aromatic heterocycles. The SMILES string of the molecule is CCN(c1nc(OC[C@@]23CCCN2C[C@H](F)C3)nc2c(F)c(-c3ccc(F)c4sc(N)c(C#N)c34)c(C(F)(F)F)cc12)C1CC(O)C1. The average molecular weight is 677 g/mol. The number of nitriles is 1. The standard InChI is InChI=1S/C32H30F6N6O2S/c1-2-44(16-8-17(45)9-16)29-19-10-21(32(36,37)38)24(18-4-5-22(34)27-23(18)20(12-39)28(40)47-27)25(35)26(19)41-30(42-29)46-14-31-6-3-7-43(31)13-15(33)11-31/h4-5,10,15-17,45H,2-3,6-9,11,13-14,40H2,1H3/t15-,16?,17?,31+/m1/s1. The van der Waals surface area contributed by atoms with Gasteiger partial charge in [0.15, 0.2) is 5.82 Å². The van der Waals surface area contributed by atoms with Crippen molar-refractivity contribution in [1.82, 2.24) is 14.9 Å². The van der Waals surface area contributed by atoms with Gasteiger partial charge in [-0.25, -0.2) is 13.2 Å². The number of aliphatic hydroxyl groups is 1. The Kier molecular flexibility index (Phi) is 7.68. The van der Waals surface area contributed by atoms with Crippen LogP contribution in [0.1, 0.15) is 50.2 Å². The molecule has 0 unspecified atom stereocenters. The zero-order valence-electron chi connectivity index (χ0n) is 25.2. The lowest BCUT2D eigenvalue weighted by Gasteiger charge is -2.41. The summed E-state index contributed by atoms with van der Waals surface area (Å²) in [6, 6.07) is 3.92. The summed E-state index contributed by atoms with van der Waals surface area (Å²) in [6.07, 6.45) is -4.29. The summed E-state index contributed by atoms with van der Waals surface area (Å²) in [6.45, 7) is 3.00. The van der Waals surface area contributed by atoms with E-state index < -0.39 is 52.3 Å². The first kappa shape index (κ1) is 31.7. The first-order chi connectivity index (χ1) is 22.3. The summed E-state index contributed by atoms with van der Waals surface area (Å²) in [7, 11) is 0. The van der Waals surface area contributed by atoms with E-state index in [9.17, 15) is 32.3 Å². The number of nitrogens with two attached hydrogens (primary N) is 1. The minimum Gasteiger partial charge on any atom is -0.461 e. The largest absolute Gasteiger partial charge is 0.461 e. The Labute approximate surface area is 269 Å². The van der Waals surface area contributed by atoms with Crippen LogP contribution in [0.25, 0.3) is 32.1 Å². The molecule has 2 atom stereocenters.